The SMILES string of the molecule is COC(=O)[C@H](C)Sc1nnc2n(-c3ccc(OC)cc3)c(=O)c3c4c(sc3n12)CO[C@H](C(C)C)C4. The summed E-state index contributed by atoms with van der Waals surface area (Å²) in [6.45, 7) is 6.47. The van der Waals surface area contributed by atoms with Crippen molar-refractivity contribution >= 4 is 45.1 Å². The van der Waals surface area contributed by atoms with Gasteiger partial charge in [0.1, 0.15) is 15.8 Å². The molecule has 1 aliphatic rings. The number of esters is 1. The molecule has 2 atom stereocenters. The Balaban J connectivity index is 1.80. The molecule has 0 amide bonds. The van der Waals surface area contributed by atoms with Crippen molar-refractivity contribution in [1.29, 1.82) is 0 Å². The van der Waals surface area contributed by atoms with E-state index in [0.717, 1.165) is 15.3 Å². The first-order valence-electron chi connectivity index (χ1n) is 11.3. The first-order valence-corrected chi connectivity index (χ1v) is 13.0. The molecule has 1 aromatic carbocycles. The fourth-order valence-corrected chi connectivity index (χ4v) is 6.45. The standard InChI is InChI=1S/C24H26N4O5S2/c1-12(2)17-10-16-18(11-33-17)35-21-19(16)20(29)27(14-6-8-15(31-4)9-7-14)23-25-26-24(28(21)23)34-13(3)22(30)32-5/h6-9,12-13,17H,10-11H2,1-5H3/t13-,17-/m0/s1. The summed E-state index contributed by atoms with van der Waals surface area (Å²) in [4.78, 5) is 27.9. The van der Waals surface area contributed by atoms with Crippen LogP contribution in [0.1, 0.15) is 31.2 Å². The highest BCUT2D eigenvalue weighted by atomic mass is 32.2. The molecule has 1 aliphatic heterocycles. The smallest absolute Gasteiger partial charge is 0.318 e. The van der Waals surface area contributed by atoms with Gasteiger partial charge in [-0.3, -0.25) is 9.59 Å². The number of thiophene rings is 1. The summed E-state index contributed by atoms with van der Waals surface area (Å²) in [5, 5.41) is 9.43. The molecule has 11 heteroatoms. The van der Waals surface area contributed by atoms with Gasteiger partial charge in [-0.05, 0) is 42.7 Å². The Morgan fingerprint density at radius 2 is 1.94 bits per heavy atom. The van der Waals surface area contributed by atoms with Crippen LogP contribution in [0.15, 0.2) is 34.2 Å². The molecule has 0 N–H and O–H groups in total. The third-order valence-electron chi connectivity index (χ3n) is 6.23. The summed E-state index contributed by atoms with van der Waals surface area (Å²) >= 11 is 2.77. The van der Waals surface area contributed by atoms with Gasteiger partial charge in [-0.2, -0.15) is 0 Å². The Hall–Kier alpha value is -2.89. The highest BCUT2D eigenvalue weighted by Gasteiger charge is 2.30. The maximum Gasteiger partial charge on any atom is 0.318 e. The van der Waals surface area contributed by atoms with E-state index in [1.807, 2.05) is 16.5 Å². The molecule has 0 bridgehead atoms. The lowest BCUT2D eigenvalue weighted by Crippen LogP contribution is -2.28. The Bertz CT molecular complexity index is 1470. The molecule has 0 unspecified atom stereocenters. The largest absolute Gasteiger partial charge is 0.497 e. The van der Waals surface area contributed by atoms with Crippen molar-refractivity contribution in [1.82, 2.24) is 19.2 Å². The summed E-state index contributed by atoms with van der Waals surface area (Å²) in [5.41, 5.74) is 1.53. The number of rotatable bonds is 6. The van der Waals surface area contributed by atoms with Crippen LogP contribution in [0.2, 0.25) is 0 Å². The number of hydrogen-bond donors (Lipinski definition) is 0. The number of benzene rings is 1. The van der Waals surface area contributed by atoms with E-state index in [0.29, 0.717) is 46.7 Å². The Kier molecular flexibility index (Phi) is 6.32. The lowest BCUT2D eigenvalue weighted by molar-refractivity contribution is -0.139. The van der Waals surface area contributed by atoms with Crippen molar-refractivity contribution in [2.24, 2.45) is 5.92 Å². The van der Waals surface area contributed by atoms with Crippen LogP contribution in [0.25, 0.3) is 21.7 Å². The van der Waals surface area contributed by atoms with Crippen molar-refractivity contribution in [3.05, 3.63) is 45.1 Å². The molecular formula is C24H26N4O5S2. The molecular weight excluding hydrogens is 488 g/mol. The van der Waals surface area contributed by atoms with Gasteiger partial charge in [0, 0.05) is 11.3 Å². The van der Waals surface area contributed by atoms with Gasteiger partial charge in [-0.1, -0.05) is 25.6 Å². The van der Waals surface area contributed by atoms with E-state index in [1.54, 1.807) is 30.7 Å². The quantitative estimate of drug-likeness (QED) is 0.283. The van der Waals surface area contributed by atoms with Crippen LogP contribution < -0.4 is 10.3 Å². The average molecular weight is 515 g/mol. The molecule has 3 aromatic heterocycles. The van der Waals surface area contributed by atoms with Gasteiger partial charge in [0.2, 0.25) is 5.78 Å². The fourth-order valence-electron chi connectivity index (χ4n) is 4.28. The molecule has 0 aliphatic carbocycles. The molecule has 4 heterocycles. The van der Waals surface area contributed by atoms with Crippen molar-refractivity contribution in [3.63, 3.8) is 0 Å². The number of hydrogen-bond acceptors (Lipinski definition) is 9. The molecule has 184 valence electrons. The second-order valence-electron chi connectivity index (χ2n) is 8.72. The summed E-state index contributed by atoms with van der Waals surface area (Å²) in [6.07, 6.45) is 0.707. The van der Waals surface area contributed by atoms with Crippen LogP contribution in [0.3, 0.4) is 0 Å². The van der Waals surface area contributed by atoms with E-state index in [-0.39, 0.29) is 17.6 Å². The molecule has 0 fully saturated rings. The number of aromatic nitrogens is 4. The normalized spacial score (nSPS) is 16.6. The van der Waals surface area contributed by atoms with E-state index in [2.05, 4.69) is 24.0 Å². The molecule has 4 aromatic rings. The zero-order valence-electron chi connectivity index (χ0n) is 20.1. The van der Waals surface area contributed by atoms with Crippen molar-refractivity contribution < 1.29 is 19.0 Å². The van der Waals surface area contributed by atoms with Gasteiger partial charge in [-0.25, -0.2) is 8.97 Å². The molecule has 0 saturated carbocycles. The van der Waals surface area contributed by atoms with Crippen LogP contribution in [-0.2, 0) is 27.3 Å². The van der Waals surface area contributed by atoms with E-state index >= 15 is 0 Å². The zero-order valence-corrected chi connectivity index (χ0v) is 21.7. The molecule has 5 rings (SSSR count). The predicted molar refractivity (Wildman–Crippen MR) is 135 cm³/mol. The fraction of sp³-hybridized carbons (Fsp3) is 0.417. The van der Waals surface area contributed by atoms with E-state index in [1.165, 1.54) is 30.2 Å². The second kappa shape index (κ2) is 9.29. The van der Waals surface area contributed by atoms with Gasteiger partial charge >= 0.3 is 5.97 Å². The first-order chi connectivity index (χ1) is 16.8. The summed E-state index contributed by atoms with van der Waals surface area (Å²) in [6, 6.07) is 7.26. The number of ether oxygens (including phenoxy) is 3. The molecule has 0 saturated heterocycles. The Morgan fingerprint density at radius 3 is 2.60 bits per heavy atom. The van der Waals surface area contributed by atoms with Crippen LogP contribution in [0, 0.1) is 5.92 Å². The van der Waals surface area contributed by atoms with Crippen LogP contribution >= 0.6 is 23.1 Å². The number of nitrogens with zero attached hydrogens (tertiary/aromatic N) is 4. The van der Waals surface area contributed by atoms with Gasteiger partial charge in [0.05, 0.1) is 38.0 Å². The van der Waals surface area contributed by atoms with Crippen molar-refractivity contribution in [3.8, 4) is 11.4 Å². The lowest BCUT2D eigenvalue weighted by atomic mass is 9.96. The van der Waals surface area contributed by atoms with Gasteiger partial charge in [0.15, 0.2) is 5.16 Å². The van der Waals surface area contributed by atoms with Crippen LogP contribution in [0.4, 0.5) is 0 Å². The minimum atomic E-state index is -0.493. The van der Waals surface area contributed by atoms with Gasteiger partial charge < -0.3 is 14.2 Å². The van der Waals surface area contributed by atoms with Crippen molar-refractivity contribution in [2.45, 2.75) is 50.3 Å². The van der Waals surface area contributed by atoms with Gasteiger partial charge in [-0.15, -0.1) is 21.5 Å². The second-order valence-corrected chi connectivity index (χ2v) is 11.1. The topological polar surface area (TPSA) is 97.0 Å². The predicted octanol–water partition coefficient (Wildman–Crippen LogP) is 3.85. The number of thioether (sulfide) groups is 1. The summed E-state index contributed by atoms with van der Waals surface area (Å²) in [7, 11) is 2.96. The number of carbonyl (C=O) groups excluding carboxylic acids is 1. The summed E-state index contributed by atoms with van der Waals surface area (Å²) in [5.74, 6) is 1.04. The minimum Gasteiger partial charge on any atom is -0.497 e. The number of methoxy groups -OCH3 is 2. The third-order valence-corrected chi connectivity index (χ3v) is 8.44. The third kappa shape index (κ3) is 4.01. The monoisotopic (exact) mass is 514 g/mol. The van der Waals surface area contributed by atoms with E-state index in [4.69, 9.17) is 14.2 Å². The van der Waals surface area contributed by atoms with Gasteiger partial charge in [0.25, 0.3) is 5.56 Å². The number of fused-ring (bicyclic) bond motifs is 5. The minimum absolute atomic E-state index is 0.0407. The van der Waals surface area contributed by atoms with E-state index < -0.39 is 5.25 Å². The maximum absolute atomic E-state index is 14.0. The Labute approximate surface area is 210 Å². The number of carbonyl (C=O) groups is 1. The maximum atomic E-state index is 14.0. The van der Waals surface area contributed by atoms with Crippen molar-refractivity contribution in [2.75, 3.05) is 14.2 Å². The summed E-state index contributed by atoms with van der Waals surface area (Å²) < 4.78 is 19.7. The average Bonchev–Trinajstić information content (AvgIpc) is 3.45. The molecule has 0 spiro atoms. The van der Waals surface area contributed by atoms with E-state index in [9.17, 15) is 9.59 Å². The Morgan fingerprint density at radius 1 is 1.20 bits per heavy atom. The molecule has 0 radical (unpaired) electrons. The highest BCUT2D eigenvalue weighted by Crippen LogP contribution is 2.38. The van der Waals surface area contributed by atoms with Crippen LogP contribution in [0.5, 0.6) is 5.75 Å². The zero-order chi connectivity index (χ0) is 24.9. The molecule has 9 nitrogen and oxygen atoms in total. The highest BCUT2D eigenvalue weighted by molar-refractivity contribution is 8.00. The first kappa shape index (κ1) is 23.8. The van der Waals surface area contributed by atoms with Crippen LogP contribution in [-0.4, -0.2) is 50.7 Å². The lowest BCUT2D eigenvalue weighted by Gasteiger charge is -2.26. The molecule has 35 heavy (non-hydrogen) atoms.